The number of hydrogen-bond acceptors (Lipinski definition) is 4. The minimum absolute atomic E-state index is 0.277. The summed E-state index contributed by atoms with van der Waals surface area (Å²) in [7, 11) is 0. The molecular formula is C15H23NO3. The standard InChI is InChI=1S/C15H23NO3/c1-5-7-16-13(15(18)19-6-2)12-8-10(3)14(17)11(4)9-12/h8-9,13,16-17H,5-7H2,1-4H3. The van der Waals surface area contributed by atoms with Crippen LogP contribution in [0.15, 0.2) is 12.1 Å². The number of aromatic hydroxyl groups is 1. The van der Waals surface area contributed by atoms with Gasteiger partial charge >= 0.3 is 5.97 Å². The average molecular weight is 265 g/mol. The smallest absolute Gasteiger partial charge is 0.327 e. The van der Waals surface area contributed by atoms with Gasteiger partial charge in [0.1, 0.15) is 11.8 Å². The van der Waals surface area contributed by atoms with Gasteiger partial charge in [-0.25, -0.2) is 4.79 Å². The fraction of sp³-hybridized carbons (Fsp3) is 0.533. The minimum Gasteiger partial charge on any atom is -0.507 e. The topological polar surface area (TPSA) is 58.6 Å². The molecule has 4 heteroatoms. The highest BCUT2D eigenvalue weighted by Crippen LogP contribution is 2.26. The van der Waals surface area contributed by atoms with Crippen molar-refractivity contribution in [2.24, 2.45) is 0 Å². The Labute approximate surface area is 114 Å². The van der Waals surface area contributed by atoms with Gasteiger partial charge in [-0.3, -0.25) is 0 Å². The molecule has 0 spiro atoms. The Morgan fingerprint density at radius 2 is 1.89 bits per heavy atom. The van der Waals surface area contributed by atoms with Crippen molar-refractivity contribution in [1.29, 1.82) is 0 Å². The summed E-state index contributed by atoms with van der Waals surface area (Å²) in [5.41, 5.74) is 2.37. The molecule has 0 saturated heterocycles. The highest BCUT2D eigenvalue weighted by molar-refractivity contribution is 5.78. The summed E-state index contributed by atoms with van der Waals surface area (Å²) < 4.78 is 5.10. The van der Waals surface area contributed by atoms with Gasteiger partial charge in [0.15, 0.2) is 0 Å². The maximum Gasteiger partial charge on any atom is 0.327 e. The Morgan fingerprint density at radius 3 is 2.37 bits per heavy atom. The number of aryl methyl sites for hydroxylation is 2. The number of nitrogens with one attached hydrogen (secondary N) is 1. The predicted octanol–water partition coefficient (Wildman–Crippen LogP) is 2.61. The normalized spacial score (nSPS) is 12.2. The zero-order valence-electron chi connectivity index (χ0n) is 12.1. The molecule has 1 unspecified atom stereocenters. The summed E-state index contributed by atoms with van der Waals surface area (Å²) in [5, 5.41) is 13.0. The molecule has 0 amide bonds. The van der Waals surface area contributed by atoms with E-state index >= 15 is 0 Å². The van der Waals surface area contributed by atoms with Crippen molar-refractivity contribution in [3.8, 4) is 5.75 Å². The van der Waals surface area contributed by atoms with Crippen LogP contribution in [-0.2, 0) is 9.53 Å². The largest absolute Gasteiger partial charge is 0.507 e. The summed E-state index contributed by atoms with van der Waals surface area (Å²) in [6, 6.07) is 3.18. The maximum absolute atomic E-state index is 12.0. The number of hydrogen-bond donors (Lipinski definition) is 2. The molecule has 0 aliphatic heterocycles. The van der Waals surface area contributed by atoms with Crippen LogP contribution >= 0.6 is 0 Å². The van der Waals surface area contributed by atoms with E-state index in [1.807, 2.05) is 32.9 Å². The molecule has 4 nitrogen and oxygen atoms in total. The first kappa shape index (κ1) is 15.5. The van der Waals surface area contributed by atoms with Crippen LogP contribution in [0.5, 0.6) is 5.75 Å². The Morgan fingerprint density at radius 1 is 1.32 bits per heavy atom. The summed E-state index contributed by atoms with van der Waals surface area (Å²) in [6.45, 7) is 8.59. The summed E-state index contributed by atoms with van der Waals surface area (Å²) in [5.74, 6) is 0.00212. The first-order valence-corrected chi connectivity index (χ1v) is 6.71. The summed E-state index contributed by atoms with van der Waals surface area (Å²) in [4.78, 5) is 12.0. The molecule has 1 rings (SSSR count). The zero-order chi connectivity index (χ0) is 14.4. The van der Waals surface area contributed by atoms with Crippen LogP contribution in [0, 0.1) is 13.8 Å². The predicted molar refractivity (Wildman–Crippen MR) is 75.2 cm³/mol. The van der Waals surface area contributed by atoms with Gasteiger partial charge in [-0.05, 0) is 50.4 Å². The molecule has 0 aliphatic rings. The van der Waals surface area contributed by atoms with Crippen LogP contribution in [0.1, 0.15) is 43.0 Å². The summed E-state index contributed by atoms with van der Waals surface area (Å²) >= 11 is 0. The van der Waals surface area contributed by atoms with Crippen molar-refractivity contribution in [3.63, 3.8) is 0 Å². The van der Waals surface area contributed by atoms with Crippen LogP contribution in [0.25, 0.3) is 0 Å². The van der Waals surface area contributed by atoms with Gasteiger partial charge in [0, 0.05) is 0 Å². The first-order valence-electron chi connectivity index (χ1n) is 6.71. The lowest BCUT2D eigenvalue weighted by molar-refractivity contribution is -0.145. The van der Waals surface area contributed by atoms with Gasteiger partial charge in [0.25, 0.3) is 0 Å². The molecule has 0 fully saturated rings. The van der Waals surface area contributed by atoms with Crippen LogP contribution in [0.2, 0.25) is 0 Å². The number of benzene rings is 1. The van der Waals surface area contributed by atoms with E-state index in [-0.39, 0.29) is 11.7 Å². The van der Waals surface area contributed by atoms with Gasteiger partial charge in [0.05, 0.1) is 6.61 Å². The number of carbonyl (C=O) groups is 1. The lowest BCUT2D eigenvalue weighted by Crippen LogP contribution is -2.31. The van der Waals surface area contributed by atoms with Gasteiger partial charge in [-0.15, -0.1) is 0 Å². The number of esters is 1. The lowest BCUT2D eigenvalue weighted by atomic mass is 10.00. The number of phenolic OH excluding ortho intramolecular Hbond substituents is 1. The van der Waals surface area contributed by atoms with Crippen LogP contribution < -0.4 is 5.32 Å². The van der Waals surface area contributed by atoms with Gasteiger partial charge in [-0.1, -0.05) is 19.1 Å². The van der Waals surface area contributed by atoms with E-state index in [1.165, 1.54) is 0 Å². The third kappa shape index (κ3) is 3.96. The monoisotopic (exact) mass is 265 g/mol. The highest BCUT2D eigenvalue weighted by atomic mass is 16.5. The second-order valence-corrected chi connectivity index (χ2v) is 4.64. The molecule has 0 heterocycles. The van der Waals surface area contributed by atoms with Gasteiger partial charge in [-0.2, -0.15) is 0 Å². The van der Waals surface area contributed by atoms with Crippen molar-refractivity contribution in [2.45, 2.75) is 40.2 Å². The van der Waals surface area contributed by atoms with Crippen molar-refractivity contribution in [1.82, 2.24) is 5.32 Å². The van der Waals surface area contributed by atoms with E-state index in [2.05, 4.69) is 5.32 Å². The van der Waals surface area contributed by atoms with Crippen molar-refractivity contribution < 1.29 is 14.6 Å². The molecule has 106 valence electrons. The molecule has 0 radical (unpaired) electrons. The number of ether oxygens (including phenoxy) is 1. The highest BCUT2D eigenvalue weighted by Gasteiger charge is 2.22. The van der Waals surface area contributed by atoms with E-state index in [4.69, 9.17) is 4.74 Å². The van der Waals surface area contributed by atoms with Crippen LogP contribution in [-0.4, -0.2) is 24.2 Å². The third-order valence-electron chi connectivity index (χ3n) is 2.97. The van der Waals surface area contributed by atoms with Crippen LogP contribution in [0.3, 0.4) is 0 Å². The Kier molecular flexibility index (Phi) is 5.83. The maximum atomic E-state index is 12.0. The van der Waals surface area contributed by atoms with Gasteiger partial charge in [0.2, 0.25) is 0 Å². The molecule has 1 aromatic rings. The average Bonchev–Trinajstić information content (AvgIpc) is 2.36. The van der Waals surface area contributed by atoms with Gasteiger partial charge < -0.3 is 15.2 Å². The van der Waals surface area contributed by atoms with Crippen molar-refractivity contribution >= 4 is 5.97 Å². The van der Waals surface area contributed by atoms with E-state index in [0.29, 0.717) is 6.61 Å². The Balaban J connectivity index is 3.06. The number of carbonyl (C=O) groups excluding carboxylic acids is 1. The molecular weight excluding hydrogens is 242 g/mol. The molecule has 19 heavy (non-hydrogen) atoms. The van der Waals surface area contributed by atoms with Crippen molar-refractivity contribution in [2.75, 3.05) is 13.2 Å². The molecule has 0 aromatic heterocycles. The minimum atomic E-state index is -0.474. The second-order valence-electron chi connectivity index (χ2n) is 4.64. The van der Waals surface area contributed by atoms with Crippen LogP contribution in [0.4, 0.5) is 0 Å². The molecule has 1 atom stereocenters. The lowest BCUT2D eigenvalue weighted by Gasteiger charge is -2.19. The fourth-order valence-electron chi connectivity index (χ4n) is 2.01. The summed E-state index contributed by atoms with van der Waals surface area (Å²) in [6.07, 6.45) is 0.936. The van der Waals surface area contributed by atoms with E-state index in [1.54, 1.807) is 6.92 Å². The Hall–Kier alpha value is -1.55. The van der Waals surface area contributed by atoms with E-state index in [9.17, 15) is 9.90 Å². The number of rotatable bonds is 6. The third-order valence-corrected chi connectivity index (χ3v) is 2.97. The quantitative estimate of drug-likeness (QED) is 0.776. The SMILES string of the molecule is CCCNC(C(=O)OCC)c1cc(C)c(O)c(C)c1. The number of phenols is 1. The molecule has 0 saturated carbocycles. The molecule has 0 aliphatic carbocycles. The molecule has 2 N–H and O–H groups in total. The Bertz CT molecular complexity index is 420. The second kappa shape index (κ2) is 7.14. The molecule has 1 aromatic carbocycles. The fourth-order valence-corrected chi connectivity index (χ4v) is 2.01. The van der Waals surface area contributed by atoms with E-state index in [0.717, 1.165) is 29.7 Å². The molecule has 0 bridgehead atoms. The van der Waals surface area contributed by atoms with Crippen molar-refractivity contribution in [3.05, 3.63) is 28.8 Å². The first-order chi connectivity index (χ1) is 9.01. The van der Waals surface area contributed by atoms with E-state index < -0.39 is 6.04 Å². The zero-order valence-corrected chi connectivity index (χ0v) is 12.1.